The van der Waals surface area contributed by atoms with E-state index in [-0.39, 0.29) is 5.91 Å². The van der Waals surface area contributed by atoms with Gasteiger partial charge in [-0.2, -0.15) is 0 Å². The fourth-order valence-electron chi connectivity index (χ4n) is 2.51. The minimum Gasteiger partial charge on any atom is -0.341 e. The van der Waals surface area contributed by atoms with Crippen molar-refractivity contribution in [1.82, 2.24) is 10.2 Å². The molecular formula is C19H24N2O. The predicted molar refractivity (Wildman–Crippen MR) is 91.5 cm³/mol. The van der Waals surface area contributed by atoms with Crippen molar-refractivity contribution in [3.05, 3.63) is 60.2 Å². The number of benzene rings is 2. The van der Waals surface area contributed by atoms with E-state index in [1.54, 1.807) is 0 Å². The van der Waals surface area contributed by atoms with Crippen LogP contribution in [0.4, 0.5) is 0 Å². The van der Waals surface area contributed by atoms with Gasteiger partial charge in [0.15, 0.2) is 0 Å². The number of hydrogen-bond acceptors (Lipinski definition) is 2. The lowest BCUT2D eigenvalue weighted by atomic mass is 9.99. The second-order valence-electron chi connectivity index (χ2n) is 5.48. The smallest absolute Gasteiger partial charge is 0.222 e. The van der Waals surface area contributed by atoms with Crippen LogP contribution in [0.5, 0.6) is 0 Å². The molecule has 2 aromatic carbocycles. The number of amides is 1. The van der Waals surface area contributed by atoms with Gasteiger partial charge in [0, 0.05) is 20.0 Å². The minimum absolute atomic E-state index is 0.193. The molecule has 0 bridgehead atoms. The zero-order chi connectivity index (χ0) is 15.8. The molecule has 0 aliphatic rings. The third-order valence-corrected chi connectivity index (χ3v) is 3.75. The fraction of sp³-hybridized carbons (Fsp3) is 0.316. The molecule has 116 valence electrons. The second-order valence-corrected chi connectivity index (χ2v) is 5.48. The summed E-state index contributed by atoms with van der Waals surface area (Å²) in [6.45, 7) is 1.52. The van der Waals surface area contributed by atoms with Crippen LogP contribution in [0.1, 0.15) is 18.4 Å². The molecule has 2 aromatic rings. The molecule has 0 saturated carbocycles. The molecule has 1 amide bonds. The van der Waals surface area contributed by atoms with Crippen LogP contribution in [0, 0.1) is 0 Å². The van der Waals surface area contributed by atoms with Crippen LogP contribution in [0.15, 0.2) is 54.6 Å². The van der Waals surface area contributed by atoms with Crippen LogP contribution in [-0.2, 0) is 11.3 Å². The van der Waals surface area contributed by atoms with E-state index in [4.69, 9.17) is 0 Å². The van der Waals surface area contributed by atoms with Gasteiger partial charge in [-0.25, -0.2) is 0 Å². The van der Waals surface area contributed by atoms with Gasteiger partial charge in [-0.05, 0) is 36.7 Å². The molecule has 1 N–H and O–H groups in total. The molecule has 0 radical (unpaired) electrons. The highest BCUT2D eigenvalue weighted by atomic mass is 16.2. The Labute approximate surface area is 133 Å². The third-order valence-electron chi connectivity index (χ3n) is 3.75. The Bertz CT molecular complexity index is 595. The summed E-state index contributed by atoms with van der Waals surface area (Å²) in [6, 6.07) is 18.6. The molecule has 0 aliphatic heterocycles. The predicted octanol–water partition coefficient (Wildman–Crippen LogP) is 3.31. The summed E-state index contributed by atoms with van der Waals surface area (Å²) in [5.74, 6) is 0.193. The van der Waals surface area contributed by atoms with E-state index in [9.17, 15) is 4.79 Å². The average Bonchev–Trinajstić information content (AvgIpc) is 2.56. The monoisotopic (exact) mass is 296 g/mol. The zero-order valence-corrected chi connectivity index (χ0v) is 13.4. The Morgan fingerprint density at radius 1 is 1.05 bits per heavy atom. The highest BCUT2D eigenvalue weighted by Crippen LogP contribution is 2.24. The fourth-order valence-corrected chi connectivity index (χ4v) is 2.51. The first-order valence-corrected chi connectivity index (χ1v) is 7.74. The van der Waals surface area contributed by atoms with Gasteiger partial charge >= 0.3 is 0 Å². The van der Waals surface area contributed by atoms with Crippen LogP contribution in [0.2, 0.25) is 0 Å². The van der Waals surface area contributed by atoms with E-state index in [0.29, 0.717) is 13.0 Å². The minimum atomic E-state index is 0.193. The second kappa shape index (κ2) is 8.35. The van der Waals surface area contributed by atoms with Crippen LogP contribution in [0.3, 0.4) is 0 Å². The van der Waals surface area contributed by atoms with Gasteiger partial charge in [0.1, 0.15) is 0 Å². The van der Waals surface area contributed by atoms with Crippen molar-refractivity contribution >= 4 is 5.91 Å². The van der Waals surface area contributed by atoms with Crippen molar-refractivity contribution in [3.63, 3.8) is 0 Å². The lowest BCUT2D eigenvalue weighted by Crippen LogP contribution is -2.27. The molecule has 3 heteroatoms. The molecule has 2 rings (SSSR count). The SMILES string of the molecule is CNCCCC(=O)N(C)Cc1ccccc1-c1ccccc1. The number of nitrogens with one attached hydrogen (secondary N) is 1. The normalized spacial score (nSPS) is 10.5. The average molecular weight is 296 g/mol. The van der Waals surface area contributed by atoms with E-state index in [1.165, 1.54) is 16.7 Å². The lowest BCUT2D eigenvalue weighted by Gasteiger charge is -2.19. The maximum atomic E-state index is 12.2. The van der Waals surface area contributed by atoms with E-state index in [2.05, 4.69) is 29.6 Å². The number of hydrogen-bond donors (Lipinski definition) is 1. The van der Waals surface area contributed by atoms with Crippen LogP contribution < -0.4 is 5.32 Å². The molecule has 0 aromatic heterocycles. The maximum Gasteiger partial charge on any atom is 0.222 e. The van der Waals surface area contributed by atoms with Crippen LogP contribution in [-0.4, -0.2) is 31.4 Å². The first-order valence-electron chi connectivity index (χ1n) is 7.74. The molecule has 0 unspecified atom stereocenters. The van der Waals surface area contributed by atoms with Crippen molar-refractivity contribution in [2.45, 2.75) is 19.4 Å². The Morgan fingerprint density at radius 2 is 1.73 bits per heavy atom. The van der Waals surface area contributed by atoms with Crippen molar-refractivity contribution in [1.29, 1.82) is 0 Å². The molecule has 0 heterocycles. The van der Waals surface area contributed by atoms with Gasteiger partial charge in [0.2, 0.25) is 5.91 Å². The summed E-state index contributed by atoms with van der Waals surface area (Å²) in [5, 5.41) is 3.07. The van der Waals surface area contributed by atoms with Gasteiger partial charge in [-0.3, -0.25) is 4.79 Å². The molecule has 0 atom stereocenters. The van der Waals surface area contributed by atoms with Crippen molar-refractivity contribution in [3.8, 4) is 11.1 Å². The van der Waals surface area contributed by atoms with Gasteiger partial charge in [-0.15, -0.1) is 0 Å². The molecule has 22 heavy (non-hydrogen) atoms. The van der Waals surface area contributed by atoms with Crippen molar-refractivity contribution in [2.24, 2.45) is 0 Å². The van der Waals surface area contributed by atoms with Crippen molar-refractivity contribution < 1.29 is 4.79 Å². The highest BCUT2D eigenvalue weighted by Gasteiger charge is 2.11. The van der Waals surface area contributed by atoms with Crippen molar-refractivity contribution in [2.75, 3.05) is 20.6 Å². The van der Waals surface area contributed by atoms with E-state index in [0.717, 1.165) is 13.0 Å². The number of carbonyl (C=O) groups is 1. The highest BCUT2D eigenvalue weighted by molar-refractivity contribution is 5.76. The van der Waals surface area contributed by atoms with Gasteiger partial charge in [0.25, 0.3) is 0 Å². The summed E-state index contributed by atoms with van der Waals surface area (Å²) in [5.41, 5.74) is 3.56. The Balaban J connectivity index is 2.08. The summed E-state index contributed by atoms with van der Waals surface area (Å²) in [4.78, 5) is 14.0. The van der Waals surface area contributed by atoms with Crippen LogP contribution in [0.25, 0.3) is 11.1 Å². The quantitative estimate of drug-likeness (QED) is 0.795. The lowest BCUT2D eigenvalue weighted by molar-refractivity contribution is -0.130. The Kier molecular flexibility index (Phi) is 6.16. The van der Waals surface area contributed by atoms with Gasteiger partial charge < -0.3 is 10.2 Å². The molecule has 0 fully saturated rings. The third kappa shape index (κ3) is 4.43. The molecule has 0 aliphatic carbocycles. The van der Waals surface area contributed by atoms with E-state index >= 15 is 0 Å². The first kappa shape index (κ1) is 16.2. The topological polar surface area (TPSA) is 32.3 Å². The first-order chi connectivity index (χ1) is 10.7. The zero-order valence-electron chi connectivity index (χ0n) is 13.4. The summed E-state index contributed by atoms with van der Waals surface area (Å²) in [7, 11) is 3.79. The molecular weight excluding hydrogens is 272 g/mol. The number of rotatable bonds is 7. The standard InChI is InChI=1S/C19H24N2O/c1-20-14-8-13-19(22)21(2)15-17-11-6-7-12-18(17)16-9-4-3-5-10-16/h3-7,9-12,20H,8,13-15H2,1-2H3. The molecule has 0 saturated heterocycles. The maximum absolute atomic E-state index is 12.2. The molecule has 3 nitrogen and oxygen atoms in total. The van der Waals surface area contributed by atoms with Gasteiger partial charge in [0.05, 0.1) is 0 Å². The Morgan fingerprint density at radius 3 is 2.45 bits per heavy atom. The van der Waals surface area contributed by atoms with E-state index < -0.39 is 0 Å². The van der Waals surface area contributed by atoms with Crippen LogP contribution >= 0.6 is 0 Å². The summed E-state index contributed by atoms with van der Waals surface area (Å²) >= 11 is 0. The molecule has 0 spiro atoms. The summed E-state index contributed by atoms with van der Waals surface area (Å²) < 4.78 is 0. The number of carbonyl (C=O) groups excluding carboxylic acids is 1. The largest absolute Gasteiger partial charge is 0.341 e. The summed E-state index contributed by atoms with van der Waals surface area (Å²) in [6.07, 6.45) is 1.46. The Hall–Kier alpha value is -2.13. The van der Waals surface area contributed by atoms with E-state index in [1.807, 2.05) is 49.3 Å². The van der Waals surface area contributed by atoms with Gasteiger partial charge in [-0.1, -0.05) is 54.6 Å². The number of nitrogens with zero attached hydrogens (tertiary/aromatic N) is 1.